The van der Waals surface area contributed by atoms with Gasteiger partial charge in [0.05, 0.1) is 0 Å². The molecule has 0 bridgehead atoms. The van der Waals surface area contributed by atoms with Crippen molar-refractivity contribution in [2.45, 2.75) is 40.2 Å². The normalized spacial score (nSPS) is 14.8. The van der Waals surface area contributed by atoms with Gasteiger partial charge in [-0.25, -0.2) is 0 Å². The third-order valence-electron chi connectivity index (χ3n) is 2.96. The molecule has 0 saturated carbocycles. The van der Waals surface area contributed by atoms with Crippen LogP contribution in [0.3, 0.4) is 0 Å². The monoisotopic (exact) mass is 267 g/mol. The van der Waals surface area contributed by atoms with Gasteiger partial charge in [0.2, 0.25) is 0 Å². The van der Waals surface area contributed by atoms with Crippen LogP contribution in [-0.2, 0) is 10.8 Å². The first-order valence-electron chi connectivity index (χ1n) is 6.57. The largest absolute Gasteiger partial charge is 0.323 e. The van der Waals surface area contributed by atoms with Gasteiger partial charge in [-0.1, -0.05) is 43.2 Å². The second-order valence-corrected chi connectivity index (χ2v) is 7.14. The summed E-state index contributed by atoms with van der Waals surface area (Å²) in [4.78, 5) is 0. The lowest BCUT2D eigenvalue weighted by atomic mass is 10.0. The van der Waals surface area contributed by atoms with Crippen LogP contribution in [0.2, 0.25) is 0 Å². The fourth-order valence-corrected chi connectivity index (χ4v) is 3.46. The van der Waals surface area contributed by atoms with E-state index < -0.39 is 10.8 Å². The van der Waals surface area contributed by atoms with Gasteiger partial charge in [-0.3, -0.25) is 4.21 Å². The standard InChI is InChI=1S/C15H25NOS/c1-11(2)5-6-18(17)10-15(16)14-8-12(3)7-13(4)9-14/h7-9,11,15H,5-6,10,16H2,1-4H3. The molecule has 0 saturated heterocycles. The summed E-state index contributed by atoms with van der Waals surface area (Å²) in [5.74, 6) is 1.93. The molecule has 1 aromatic rings. The molecule has 102 valence electrons. The van der Waals surface area contributed by atoms with Gasteiger partial charge in [0.25, 0.3) is 0 Å². The Hall–Kier alpha value is -0.670. The lowest BCUT2D eigenvalue weighted by molar-refractivity contribution is 0.617. The number of aryl methyl sites for hydroxylation is 2. The molecule has 0 fully saturated rings. The van der Waals surface area contributed by atoms with Crippen LogP contribution in [0.1, 0.15) is 43.0 Å². The Bertz CT molecular complexity index is 395. The summed E-state index contributed by atoms with van der Waals surface area (Å²) in [6, 6.07) is 6.21. The van der Waals surface area contributed by atoms with Crippen molar-refractivity contribution in [2.75, 3.05) is 11.5 Å². The van der Waals surface area contributed by atoms with Gasteiger partial charge < -0.3 is 5.73 Å². The first kappa shape index (κ1) is 15.4. The Balaban J connectivity index is 2.59. The highest BCUT2D eigenvalue weighted by atomic mass is 32.2. The number of benzene rings is 1. The Morgan fingerprint density at radius 3 is 2.22 bits per heavy atom. The van der Waals surface area contributed by atoms with E-state index >= 15 is 0 Å². The van der Waals surface area contributed by atoms with Crippen molar-refractivity contribution < 1.29 is 4.21 Å². The fraction of sp³-hybridized carbons (Fsp3) is 0.600. The Morgan fingerprint density at radius 1 is 1.17 bits per heavy atom. The minimum absolute atomic E-state index is 0.114. The van der Waals surface area contributed by atoms with Gasteiger partial charge in [0, 0.05) is 28.3 Å². The average molecular weight is 267 g/mol. The number of nitrogens with two attached hydrogens (primary N) is 1. The Kier molecular flexibility index (Phi) is 6.03. The molecule has 2 unspecified atom stereocenters. The maximum Gasteiger partial charge on any atom is 0.0428 e. The first-order valence-corrected chi connectivity index (χ1v) is 8.06. The highest BCUT2D eigenvalue weighted by molar-refractivity contribution is 7.85. The third-order valence-corrected chi connectivity index (χ3v) is 4.38. The lowest BCUT2D eigenvalue weighted by Crippen LogP contribution is -2.20. The molecular weight excluding hydrogens is 242 g/mol. The summed E-state index contributed by atoms with van der Waals surface area (Å²) in [5.41, 5.74) is 9.68. The van der Waals surface area contributed by atoms with E-state index in [4.69, 9.17) is 5.73 Å². The van der Waals surface area contributed by atoms with Gasteiger partial charge in [0.15, 0.2) is 0 Å². The van der Waals surface area contributed by atoms with Gasteiger partial charge >= 0.3 is 0 Å². The molecule has 0 aromatic heterocycles. The summed E-state index contributed by atoms with van der Waals surface area (Å²) in [5, 5.41) is 0. The second kappa shape index (κ2) is 7.05. The van der Waals surface area contributed by atoms with E-state index in [2.05, 4.69) is 45.9 Å². The number of hydrogen-bond acceptors (Lipinski definition) is 2. The van der Waals surface area contributed by atoms with Crippen LogP contribution in [0, 0.1) is 19.8 Å². The molecule has 0 heterocycles. The number of rotatable bonds is 6. The van der Waals surface area contributed by atoms with Gasteiger partial charge in [-0.15, -0.1) is 0 Å². The van der Waals surface area contributed by atoms with Crippen molar-refractivity contribution in [3.63, 3.8) is 0 Å². The fourth-order valence-electron chi connectivity index (χ4n) is 1.97. The van der Waals surface area contributed by atoms with Crippen molar-refractivity contribution in [2.24, 2.45) is 11.7 Å². The van der Waals surface area contributed by atoms with E-state index in [0.29, 0.717) is 11.7 Å². The van der Waals surface area contributed by atoms with E-state index in [9.17, 15) is 4.21 Å². The summed E-state index contributed by atoms with van der Waals surface area (Å²) < 4.78 is 11.9. The molecule has 0 radical (unpaired) electrons. The molecule has 0 aliphatic heterocycles. The van der Waals surface area contributed by atoms with E-state index in [1.807, 2.05) is 0 Å². The number of hydrogen-bond donors (Lipinski definition) is 1. The maximum absolute atomic E-state index is 11.9. The molecule has 18 heavy (non-hydrogen) atoms. The molecule has 0 aliphatic carbocycles. The highest BCUT2D eigenvalue weighted by Gasteiger charge is 2.11. The van der Waals surface area contributed by atoms with Crippen LogP contribution in [-0.4, -0.2) is 15.7 Å². The summed E-state index contributed by atoms with van der Waals surface area (Å²) in [7, 11) is -0.809. The van der Waals surface area contributed by atoms with Crippen LogP contribution in [0.5, 0.6) is 0 Å². The van der Waals surface area contributed by atoms with E-state index in [1.165, 1.54) is 11.1 Å². The van der Waals surface area contributed by atoms with Gasteiger partial charge in [0.1, 0.15) is 0 Å². The van der Waals surface area contributed by atoms with E-state index in [1.54, 1.807) is 0 Å². The molecule has 2 N–H and O–H groups in total. The zero-order valence-electron chi connectivity index (χ0n) is 11.9. The summed E-state index contributed by atoms with van der Waals surface area (Å²) in [6.07, 6.45) is 1.01. The zero-order chi connectivity index (χ0) is 13.7. The third kappa shape index (κ3) is 5.32. The first-order chi connectivity index (χ1) is 8.38. The Morgan fingerprint density at radius 2 is 1.72 bits per heavy atom. The summed E-state index contributed by atoms with van der Waals surface area (Å²) >= 11 is 0. The molecule has 1 rings (SSSR count). The van der Waals surface area contributed by atoms with Crippen LogP contribution in [0.25, 0.3) is 0 Å². The quantitative estimate of drug-likeness (QED) is 0.860. The Labute approximate surface area is 113 Å². The van der Waals surface area contributed by atoms with Crippen molar-refractivity contribution >= 4 is 10.8 Å². The van der Waals surface area contributed by atoms with Crippen molar-refractivity contribution in [1.29, 1.82) is 0 Å². The molecule has 0 spiro atoms. The van der Waals surface area contributed by atoms with Crippen LogP contribution < -0.4 is 5.73 Å². The molecular formula is C15H25NOS. The van der Waals surface area contributed by atoms with Crippen molar-refractivity contribution in [3.8, 4) is 0 Å². The molecule has 0 aliphatic rings. The smallest absolute Gasteiger partial charge is 0.0428 e. The summed E-state index contributed by atoms with van der Waals surface area (Å²) in [6.45, 7) is 8.44. The topological polar surface area (TPSA) is 43.1 Å². The predicted octanol–water partition coefficient (Wildman–Crippen LogP) is 3.10. The van der Waals surface area contributed by atoms with Gasteiger partial charge in [-0.05, 0) is 31.7 Å². The van der Waals surface area contributed by atoms with Gasteiger partial charge in [-0.2, -0.15) is 0 Å². The predicted molar refractivity (Wildman–Crippen MR) is 80.2 cm³/mol. The molecule has 2 atom stereocenters. The van der Waals surface area contributed by atoms with Crippen LogP contribution >= 0.6 is 0 Å². The highest BCUT2D eigenvalue weighted by Crippen LogP contribution is 2.16. The van der Waals surface area contributed by atoms with Crippen molar-refractivity contribution in [1.82, 2.24) is 0 Å². The zero-order valence-corrected chi connectivity index (χ0v) is 12.7. The van der Waals surface area contributed by atoms with Crippen molar-refractivity contribution in [3.05, 3.63) is 34.9 Å². The van der Waals surface area contributed by atoms with E-state index in [0.717, 1.165) is 17.7 Å². The van der Waals surface area contributed by atoms with Crippen LogP contribution in [0.15, 0.2) is 18.2 Å². The minimum atomic E-state index is -0.809. The van der Waals surface area contributed by atoms with E-state index in [-0.39, 0.29) is 6.04 Å². The second-order valence-electron chi connectivity index (χ2n) is 5.52. The SMILES string of the molecule is Cc1cc(C)cc(C(N)CS(=O)CCC(C)C)c1. The van der Waals surface area contributed by atoms with Crippen LogP contribution in [0.4, 0.5) is 0 Å². The molecule has 3 heteroatoms. The molecule has 2 nitrogen and oxygen atoms in total. The molecule has 1 aromatic carbocycles. The average Bonchev–Trinajstić information content (AvgIpc) is 2.25. The molecule has 0 amide bonds. The maximum atomic E-state index is 11.9. The minimum Gasteiger partial charge on any atom is -0.323 e. The lowest BCUT2D eigenvalue weighted by Gasteiger charge is -2.14.